The lowest BCUT2D eigenvalue weighted by atomic mass is 10.2. The first-order valence-electron chi connectivity index (χ1n) is 7.93. The molecule has 0 aliphatic rings. The third kappa shape index (κ3) is 7.12. The molecule has 0 spiro atoms. The van der Waals surface area contributed by atoms with E-state index in [4.69, 9.17) is 0 Å². The molecule has 0 amide bonds. The number of rotatable bonds is 4. The van der Waals surface area contributed by atoms with Crippen molar-refractivity contribution in [3.05, 3.63) is 93.1 Å². The summed E-state index contributed by atoms with van der Waals surface area (Å²) < 4.78 is 38.3. The SMILES string of the molecule is O=Cc1cccc(I)c1.O=Cc1cccc(Sc2ccc(C(F)(F)F)cc2)c1. The average Bonchev–Trinajstić information content (AvgIpc) is 2.68. The lowest BCUT2D eigenvalue weighted by Gasteiger charge is -2.07. The van der Waals surface area contributed by atoms with Crippen molar-refractivity contribution < 1.29 is 22.8 Å². The van der Waals surface area contributed by atoms with Crippen molar-refractivity contribution >= 4 is 46.9 Å². The first-order valence-corrected chi connectivity index (χ1v) is 9.82. The molecule has 0 aliphatic carbocycles. The van der Waals surface area contributed by atoms with E-state index in [1.54, 1.807) is 30.3 Å². The Morgan fingerprint density at radius 1 is 0.750 bits per heavy atom. The molecule has 0 saturated carbocycles. The second kappa shape index (κ2) is 10.4. The monoisotopic (exact) mass is 514 g/mol. The predicted molar refractivity (Wildman–Crippen MR) is 112 cm³/mol. The van der Waals surface area contributed by atoms with Crippen LogP contribution in [0.3, 0.4) is 0 Å². The number of aldehydes is 2. The first-order chi connectivity index (χ1) is 13.3. The van der Waals surface area contributed by atoms with Crippen LogP contribution >= 0.6 is 34.4 Å². The van der Waals surface area contributed by atoms with Crippen molar-refractivity contribution in [2.24, 2.45) is 0 Å². The van der Waals surface area contributed by atoms with E-state index >= 15 is 0 Å². The summed E-state index contributed by atoms with van der Waals surface area (Å²) in [5.74, 6) is 0. The van der Waals surface area contributed by atoms with Gasteiger partial charge in [0.1, 0.15) is 12.6 Å². The van der Waals surface area contributed by atoms with Crippen LogP contribution in [-0.2, 0) is 6.18 Å². The molecule has 3 aromatic carbocycles. The van der Waals surface area contributed by atoms with Gasteiger partial charge in [-0.2, -0.15) is 13.2 Å². The Balaban J connectivity index is 0.000000261. The van der Waals surface area contributed by atoms with Gasteiger partial charge in [-0.05, 0) is 71.1 Å². The van der Waals surface area contributed by atoms with Gasteiger partial charge in [0.25, 0.3) is 0 Å². The van der Waals surface area contributed by atoms with Gasteiger partial charge in [0, 0.05) is 24.5 Å². The van der Waals surface area contributed by atoms with Crippen LogP contribution in [0.25, 0.3) is 0 Å². The molecule has 0 heterocycles. The first kappa shape index (κ1) is 22.2. The molecule has 0 radical (unpaired) electrons. The van der Waals surface area contributed by atoms with Crippen molar-refractivity contribution in [2.75, 3.05) is 0 Å². The molecule has 28 heavy (non-hydrogen) atoms. The van der Waals surface area contributed by atoms with Crippen LogP contribution in [-0.4, -0.2) is 12.6 Å². The normalized spacial score (nSPS) is 10.6. The molecule has 0 atom stereocenters. The Kier molecular flexibility index (Phi) is 8.25. The minimum absolute atomic E-state index is 0.539. The van der Waals surface area contributed by atoms with Crippen LogP contribution in [0, 0.1) is 3.57 Å². The van der Waals surface area contributed by atoms with Crippen molar-refractivity contribution in [1.82, 2.24) is 0 Å². The summed E-state index contributed by atoms with van der Waals surface area (Å²) >= 11 is 3.48. The molecule has 0 N–H and O–H groups in total. The summed E-state index contributed by atoms with van der Waals surface area (Å²) in [5.41, 5.74) is 0.609. The van der Waals surface area contributed by atoms with Crippen LogP contribution in [0.5, 0.6) is 0 Å². The van der Waals surface area contributed by atoms with Crippen molar-refractivity contribution in [3.63, 3.8) is 0 Å². The minimum atomic E-state index is -4.32. The average molecular weight is 514 g/mol. The Labute approximate surface area is 178 Å². The lowest BCUT2D eigenvalue weighted by molar-refractivity contribution is -0.137. The summed E-state index contributed by atoms with van der Waals surface area (Å²) in [6.07, 6.45) is -2.74. The zero-order chi connectivity index (χ0) is 20.6. The molecular formula is C21H14F3IO2S. The van der Waals surface area contributed by atoms with Gasteiger partial charge in [0.15, 0.2) is 0 Å². The van der Waals surface area contributed by atoms with Gasteiger partial charge >= 0.3 is 6.18 Å². The molecular weight excluding hydrogens is 500 g/mol. The predicted octanol–water partition coefficient (Wildman–Crippen LogP) is 6.77. The topological polar surface area (TPSA) is 34.1 Å². The molecule has 7 heteroatoms. The van der Waals surface area contributed by atoms with Crippen LogP contribution in [0.15, 0.2) is 82.6 Å². The summed E-state index contributed by atoms with van der Waals surface area (Å²) in [6, 6.07) is 19.3. The number of benzene rings is 3. The van der Waals surface area contributed by atoms with E-state index < -0.39 is 11.7 Å². The molecule has 0 unspecified atom stereocenters. The Bertz CT molecular complexity index is 941. The number of alkyl halides is 3. The van der Waals surface area contributed by atoms with Gasteiger partial charge in [-0.15, -0.1) is 0 Å². The fourth-order valence-electron chi connectivity index (χ4n) is 2.08. The zero-order valence-corrected chi connectivity index (χ0v) is 17.3. The second-order valence-electron chi connectivity index (χ2n) is 5.49. The molecule has 0 fully saturated rings. The summed E-state index contributed by atoms with van der Waals surface area (Å²) in [4.78, 5) is 22.3. The van der Waals surface area contributed by atoms with Crippen LogP contribution in [0.4, 0.5) is 13.2 Å². The van der Waals surface area contributed by atoms with Gasteiger partial charge in [-0.3, -0.25) is 9.59 Å². The zero-order valence-electron chi connectivity index (χ0n) is 14.3. The van der Waals surface area contributed by atoms with Gasteiger partial charge in [-0.1, -0.05) is 36.0 Å². The van der Waals surface area contributed by atoms with Crippen molar-refractivity contribution in [2.45, 2.75) is 16.0 Å². The van der Waals surface area contributed by atoms with E-state index in [0.717, 1.165) is 38.7 Å². The molecule has 0 bridgehead atoms. The fourth-order valence-corrected chi connectivity index (χ4v) is 3.53. The Hall–Kier alpha value is -2.13. The number of hydrogen-bond acceptors (Lipinski definition) is 3. The molecule has 2 nitrogen and oxygen atoms in total. The van der Waals surface area contributed by atoms with Gasteiger partial charge in [0.05, 0.1) is 5.56 Å². The molecule has 144 valence electrons. The standard InChI is InChI=1S/C14H9F3OS.C7H5IO/c15-14(16,17)11-4-6-12(7-5-11)19-13-3-1-2-10(8-13)9-18;8-7-3-1-2-6(4-7)5-9/h1-9H;1-5H. The largest absolute Gasteiger partial charge is 0.416 e. The smallest absolute Gasteiger partial charge is 0.298 e. The number of hydrogen-bond donors (Lipinski definition) is 0. The number of carbonyl (C=O) groups is 2. The van der Waals surface area contributed by atoms with Crippen LogP contribution in [0.1, 0.15) is 26.3 Å². The highest BCUT2D eigenvalue weighted by Gasteiger charge is 2.29. The molecule has 0 aliphatic heterocycles. The van der Waals surface area contributed by atoms with Crippen molar-refractivity contribution in [3.8, 4) is 0 Å². The maximum absolute atomic E-state index is 12.4. The Morgan fingerprint density at radius 2 is 1.32 bits per heavy atom. The molecule has 0 saturated heterocycles. The minimum Gasteiger partial charge on any atom is -0.298 e. The molecule has 0 aromatic heterocycles. The summed E-state index contributed by atoms with van der Waals surface area (Å²) in [6.45, 7) is 0. The maximum atomic E-state index is 12.4. The third-order valence-corrected chi connectivity index (χ3v) is 5.06. The molecule has 3 aromatic rings. The number of carbonyl (C=O) groups excluding carboxylic acids is 2. The van der Waals surface area contributed by atoms with E-state index in [1.165, 1.54) is 23.9 Å². The van der Waals surface area contributed by atoms with E-state index in [-0.39, 0.29) is 0 Å². The number of halogens is 4. The highest BCUT2D eigenvalue weighted by Crippen LogP contribution is 2.33. The van der Waals surface area contributed by atoms with E-state index in [0.29, 0.717) is 10.5 Å². The summed E-state index contributed by atoms with van der Waals surface area (Å²) in [7, 11) is 0. The van der Waals surface area contributed by atoms with Crippen LogP contribution < -0.4 is 0 Å². The summed E-state index contributed by atoms with van der Waals surface area (Å²) in [5, 5.41) is 0. The highest BCUT2D eigenvalue weighted by atomic mass is 127. The lowest BCUT2D eigenvalue weighted by Crippen LogP contribution is -2.03. The van der Waals surface area contributed by atoms with E-state index in [2.05, 4.69) is 22.6 Å². The maximum Gasteiger partial charge on any atom is 0.416 e. The second-order valence-corrected chi connectivity index (χ2v) is 7.88. The Morgan fingerprint density at radius 3 is 1.82 bits per heavy atom. The van der Waals surface area contributed by atoms with Crippen molar-refractivity contribution in [1.29, 1.82) is 0 Å². The quantitative estimate of drug-likeness (QED) is 0.285. The highest BCUT2D eigenvalue weighted by molar-refractivity contribution is 14.1. The van der Waals surface area contributed by atoms with Crippen LogP contribution in [0.2, 0.25) is 0 Å². The van der Waals surface area contributed by atoms with E-state index in [1.807, 2.05) is 18.2 Å². The van der Waals surface area contributed by atoms with Gasteiger partial charge in [-0.25, -0.2) is 0 Å². The van der Waals surface area contributed by atoms with E-state index in [9.17, 15) is 22.8 Å². The fraction of sp³-hybridized carbons (Fsp3) is 0.0476. The van der Waals surface area contributed by atoms with Gasteiger partial charge in [0.2, 0.25) is 0 Å². The van der Waals surface area contributed by atoms with Gasteiger partial charge < -0.3 is 0 Å². The third-order valence-electron chi connectivity index (χ3n) is 3.40. The molecule has 3 rings (SSSR count).